The van der Waals surface area contributed by atoms with Gasteiger partial charge in [0.25, 0.3) is 0 Å². The molecule has 0 bridgehead atoms. The van der Waals surface area contributed by atoms with Gasteiger partial charge < -0.3 is 15.0 Å². The summed E-state index contributed by atoms with van der Waals surface area (Å²) in [6.45, 7) is 7.40. The molecule has 0 aromatic heterocycles. The van der Waals surface area contributed by atoms with Crippen molar-refractivity contribution in [3.05, 3.63) is 29.8 Å². The molecule has 1 heterocycles. The molecule has 2 rings (SSSR count). The van der Waals surface area contributed by atoms with Gasteiger partial charge in [-0.15, -0.1) is 0 Å². The van der Waals surface area contributed by atoms with E-state index in [0.29, 0.717) is 18.7 Å². The molecule has 0 spiro atoms. The molecule has 0 aliphatic carbocycles. The van der Waals surface area contributed by atoms with Crippen molar-refractivity contribution in [1.82, 2.24) is 5.32 Å². The summed E-state index contributed by atoms with van der Waals surface area (Å²) in [7, 11) is 1.75. The van der Waals surface area contributed by atoms with E-state index in [-0.39, 0.29) is 0 Å². The summed E-state index contributed by atoms with van der Waals surface area (Å²) in [6, 6.07) is 9.90. The van der Waals surface area contributed by atoms with Gasteiger partial charge in [0.05, 0.1) is 6.61 Å². The second kappa shape index (κ2) is 6.92. The van der Waals surface area contributed by atoms with Crippen molar-refractivity contribution in [3.63, 3.8) is 0 Å². The van der Waals surface area contributed by atoms with Crippen LogP contribution in [0.3, 0.4) is 0 Å². The first-order valence-electron chi connectivity index (χ1n) is 7.32. The van der Waals surface area contributed by atoms with E-state index in [1.54, 1.807) is 7.11 Å². The minimum atomic E-state index is 0.547. The molecule has 0 saturated carbocycles. The van der Waals surface area contributed by atoms with Gasteiger partial charge in [0.15, 0.2) is 0 Å². The quantitative estimate of drug-likeness (QED) is 0.883. The largest absolute Gasteiger partial charge is 0.380 e. The predicted molar refractivity (Wildman–Crippen MR) is 80.7 cm³/mol. The van der Waals surface area contributed by atoms with Gasteiger partial charge in [-0.05, 0) is 31.0 Å². The number of anilines is 1. The maximum absolute atomic E-state index is 5.23. The van der Waals surface area contributed by atoms with E-state index in [9.17, 15) is 0 Å². The van der Waals surface area contributed by atoms with E-state index in [1.807, 2.05) is 0 Å². The Kier molecular flexibility index (Phi) is 5.23. The van der Waals surface area contributed by atoms with E-state index in [4.69, 9.17) is 4.74 Å². The van der Waals surface area contributed by atoms with Crippen LogP contribution in [0.4, 0.5) is 5.69 Å². The van der Waals surface area contributed by atoms with Crippen molar-refractivity contribution < 1.29 is 4.74 Å². The highest BCUT2D eigenvalue weighted by molar-refractivity contribution is 5.50. The number of rotatable bonds is 5. The number of ether oxygens (including phenoxy) is 1. The summed E-state index contributed by atoms with van der Waals surface area (Å²) < 4.78 is 5.23. The third-order valence-electron chi connectivity index (χ3n) is 3.84. The van der Waals surface area contributed by atoms with Crippen molar-refractivity contribution >= 4 is 5.69 Å². The summed E-state index contributed by atoms with van der Waals surface area (Å²) in [5.74, 6) is 0. The normalized spacial score (nSPS) is 23.6. The average Bonchev–Trinajstić information content (AvgIpc) is 2.42. The van der Waals surface area contributed by atoms with E-state index in [2.05, 4.69) is 48.3 Å². The maximum atomic E-state index is 5.23. The molecule has 1 N–H and O–H groups in total. The van der Waals surface area contributed by atoms with Crippen molar-refractivity contribution in [1.29, 1.82) is 0 Å². The Balaban J connectivity index is 2.11. The summed E-state index contributed by atoms with van der Waals surface area (Å²) in [5, 5.41) is 3.64. The number of hydrogen-bond donors (Lipinski definition) is 1. The first-order chi connectivity index (χ1) is 9.24. The average molecular weight is 262 g/mol. The molecule has 1 aliphatic rings. The van der Waals surface area contributed by atoms with Crippen LogP contribution in [0.5, 0.6) is 0 Å². The zero-order valence-electron chi connectivity index (χ0n) is 12.4. The molecule has 0 amide bonds. The number of nitrogens with zero attached hydrogens (tertiary/aromatic N) is 1. The Morgan fingerprint density at radius 1 is 1.42 bits per heavy atom. The van der Waals surface area contributed by atoms with Gasteiger partial charge in [0.1, 0.15) is 0 Å². The number of piperazine rings is 1. The molecule has 1 aliphatic heterocycles. The maximum Gasteiger partial charge on any atom is 0.0713 e. The van der Waals surface area contributed by atoms with Crippen LogP contribution in [0.1, 0.15) is 32.3 Å². The van der Waals surface area contributed by atoms with Crippen LogP contribution in [0.25, 0.3) is 0 Å². The van der Waals surface area contributed by atoms with Gasteiger partial charge in [-0.25, -0.2) is 0 Å². The number of benzene rings is 1. The third-order valence-corrected chi connectivity index (χ3v) is 3.84. The highest BCUT2D eigenvalue weighted by atomic mass is 16.5. The van der Waals surface area contributed by atoms with Crippen molar-refractivity contribution in [2.75, 3.05) is 25.1 Å². The highest BCUT2D eigenvalue weighted by Gasteiger charge is 2.24. The molecule has 2 atom stereocenters. The number of hydrogen-bond acceptors (Lipinski definition) is 3. The van der Waals surface area contributed by atoms with Gasteiger partial charge >= 0.3 is 0 Å². The molecule has 2 unspecified atom stereocenters. The second-order valence-corrected chi connectivity index (χ2v) is 5.50. The summed E-state index contributed by atoms with van der Waals surface area (Å²) in [5.41, 5.74) is 2.57. The van der Waals surface area contributed by atoms with Crippen LogP contribution < -0.4 is 10.2 Å². The Morgan fingerprint density at radius 3 is 3.00 bits per heavy atom. The minimum absolute atomic E-state index is 0.547. The molecule has 1 saturated heterocycles. The highest BCUT2D eigenvalue weighted by Crippen LogP contribution is 2.22. The van der Waals surface area contributed by atoms with Crippen LogP contribution >= 0.6 is 0 Å². The third kappa shape index (κ3) is 3.71. The van der Waals surface area contributed by atoms with E-state index in [0.717, 1.165) is 13.1 Å². The van der Waals surface area contributed by atoms with Crippen LogP contribution in [0.15, 0.2) is 24.3 Å². The van der Waals surface area contributed by atoms with E-state index in [1.165, 1.54) is 24.1 Å². The van der Waals surface area contributed by atoms with Gasteiger partial charge in [-0.3, -0.25) is 0 Å². The fourth-order valence-corrected chi connectivity index (χ4v) is 2.82. The summed E-state index contributed by atoms with van der Waals surface area (Å²) in [6.07, 6.45) is 2.49. The Hall–Kier alpha value is -1.06. The Morgan fingerprint density at radius 2 is 2.26 bits per heavy atom. The molecule has 106 valence electrons. The second-order valence-electron chi connectivity index (χ2n) is 5.50. The van der Waals surface area contributed by atoms with Gasteiger partial charge in [0.2, 0.25) is 0 Å². The fourth-order valence-electron chi connectivity index (χ4n) is 2.82. The van der Waals surface area contributed by atoms with E-state index < -0.39 is 0 Å². The van der Waals surface area contributed by atoms with Crippen LogP contribution in [-0.4, -0.2) is 32.3 Å². The number of methoxy groups -OCH3 is 1. The van der Waals surface area contributed by atoms with Crippen molar-refractivity contribution in [2.45, 2.75) is 45.4 Å². The fraction of sp³-hybridized carbons (Fsp3) is 0.625. The lowest BCUT2D eigenvalue weighted by Crippen LogP contribution is -2.55. The molecular weight excluding hydrogens is 236 g/mol. The monoisotopic (exact) mass is 262 g/mol. The lowest BCUT2D eigenvalue weighted by atomic mass is 10.0. The van der Waals surface area contributed by atoms with Gasteiger partial charge in [-0.1, -0.05) is 25.5 Å². The molecule has 19 heavy (non-hydrogen) atoms. The molecular formula is C16H26N2O. The predicted octanol–water partition coefficient (Wildman–Crippen LogP) is 2.80. The molecule has 1 fully saturated rings. The summed E-state index contributed by atoms with van der Waals surface area (Å²) in [4.78, 5) is 2.52. The molecule has 1 aromatic carbocycles. The molecule has 0 radical (unpaired) electrons. The zero-order chi connectivity index (χ0) is 13.7. The molecule has 3 nitrogen and oxygen atoms in total. The SMILES string of the molecule is CCCC1CN(c2cccc(COC)c2)C(C)CN1. The lowest BCUT2D eigenvalue weighted by molar-refractivity contribution is 0.185. The minimum Gasteiger partial charge on any atom is -0.380 e. The van der Waals surface area contributed by atoms with Crippen LogP contribution in [-0.2, 0) is 11.3 Å². The molecule has 3 heteroatoms. The van der Waals surface area contributed by atoms with E-state index >= 15 is 0 Å². The standard InChI is InChI=1S/C16H26N2O/c1-4-6-15-11-18(13(2)10-17-15)16-8-5-7-14(9-16)12-19-3/h5,7-9,13,15,17H,4,6,10-12H2,1-3H3. The van der Waals surface area contributed by atoms with Crippen molar-refractivity contribution in [2.24, 2.45) is 0 Å². The van der Waals surface area contributed by atoms with Gasteiger partial charge in [0, 0.05) is 38.0 Å². The Bertz CT molecular complexity index is 394. The van der Waals surface area contributed by atoms with Crippen molar-refractivity contribution in [3.8, 4) is 0 Å². The molecule has 1 aromatic rings. The first-order valence-corrected chi connectivity index (χ1v) is 7.32. The number of nitrogens with one attached hydrogen (secondary N) is 1. The lowest BCUT2D eigenvalue weighted by Gasteiger charge is -2.40. The Labute approximate surface area is 116 Å². The summed E-state index contributed by atoms with van der Waals surface area (Å²) >= 11 is 0. The zero-order valence-corrected chi connectivity index (χ0v) is 12.4. The van der Waals surface area contributed by atoms with Crippen LogP contribution in [0.2, 0.25) is 0 Å². The first kappa shape index (κ1) is 14.4. The van der Waals surface area contributed by atoms with Gasteiger partial charge in [-0.2, -0.15) is 0 Å². The van der Waals surface area contributed by atoms with Crippen LogP contribution in [0, 0.1) is 0 Å². The topological polar surface area (TPSA) is 24.5 Å². The smallest absolute Gasteiger partial charge is 0.0713 e.